The third-order valence-corrected chi connectivity index (χ3v) is 3.17. The lowest BCUT2D eigenvalue weighted by Crippen LogP contribution is -2.32. The van der Waals surface area contributed by atoms with E-state index in [0.29, 0.717) is 31.3 Å². The first-order chi connectivity index (χ1) is 8.41. The molecule has 2 N–H and O–H groups in total. The Hall–Kier alpha value is -1.06. The molecular formula is C14H26N2O2. The summed E-state index contributed by atoms with van der Waals surface area (Å²) in [5.74, 6) is 0.931. The molecule has 2 amide bonds. The van der Waals surface area contributed by atoms with Crippen molar-refractivity contribution in [1.29, 1.82) is 0 Å². The van der Waals surface area contributed by atoms with Crippen molar-refractivity contribution in [3.8, 4) is 0 Å². The summed E-state index contributed by atoms with van der Waals surface area (Å²) in [6.07, 6.45) is 1.69. The Kier molecular flexibility index (Phi) is 5.63. The molecule has 0 aromatic heterocycles. The number of carbonyl (C=O) groups is 2. The van der Waals surface area contributed by atoms with Crippen LogP contribution in [0.15, 0.2) is 0 Å². The second-order valence-electron chi connectivity index (χ2n) is 6.06. The van der Waals surface area contributed by atoms with Gasteiger partial charge in [-0.1, -0.05) is 27.7 Å². The summed E-state index contributed by atoms with van der Waals surface area (Å²) < 4.78 is 0. The highest BCUT2D eigenvalue weighted by Crippen LogP contribution is 2.38. The van der Waals surface area contributed by atoms with Crippen molar-refractivity contribution in [2.24, 2.45) is 23.7 Å². The van der Waals surface area contributed by atoms with Gasteiger partial charge in [-0.05, 0) is 24.7 Å². The molecule has 2 unspecified atom stereocenters. The zero-order valence-electron chi connectivity index (χ0n) is 12.0. The van der Waals surface area contributed by atoms with Crippen LogP contribution >= 0.6 is 0 Å². The van der Waals surface area contributed by atoms with Crippen LogP contribution in [0.5, 0.6) is 0 Å². The van der Waals surface area contributed by atoms with Gasteiger partial charge < -0.3 is 10.6 Å². The van der Waals surface area contributed by atoms with Gasteiger partial charge in [0, 0.05) is 13.1 Å². The van der Waals surface area contributed by atoms with Crippen molar-refractivity contribution in [1.82, 2.24) is 10.6 Å². The quantitative estimate of drug-likeness (QED) is 0.724. The third kappa shape index (κ3) is 5.07. The van der Waals surface area contributed by atoms with E-state index in [1.807, 2.05) is 0 Å². The monoisotopic (exact) mass is 254 g/mol. The van der Waals surface area contributed by atoms with Crippen LogP contribution in [0, 0.1) is 23.7 Å². The molecule has 0 heterocycles. The molecule has 104 valence electrons. The maximum absolute atomic E-state index is 11.7. The summed E-state index contributed by atoms with van der Waals surface area (Å²) >= 11 is 0. The van der Waals surface area contributed by atoms with E-state index in [-0.39, 0.29) is 23.7 Å². The summed E-state index contributed by atoms with van der Waals surface area (Å²) in [6.45, 7) is 9.79. The fraction of sp³-hybridized carbons (Fsp3) is 0.857. The van der Waals surface area contributed by atoms with Gasteiger partial charge in [0.15, 0.2) is 0 Å². The van der Waals surface area contributed by atoms with Gasteiger partial charge in [-0.3, -0.25) is 9.59 Å². The van der Waals surface area contributed by atoms with Gasteiger partial charge >= 0.3 is 0 Å². The topological polar surface area (TPSA) is 58.2 Å². The van der Waals surface area contributed by atoms with Crippen LogP contribution < -0.4 is 10.6 Å². The average Bonchev–Trinajstić information content (AvgIpc) is 3.05. The van der Waals surface area contributed by atoms with Crippen molar-refractivity contribution in [3.63, 3.8) is 0 Å². The minimum Gasteiger partial charge on any atom is -0.356 e. The molecule has 0 aromatic rings. The number of hydrogen-bond acceptors (Lipinski definition) is 2. The highest BCUT2D eigenvalue weighted by molar-refractivity contribution is 5.92. The summed E-state index contributed by atoms with van der Waals surface area (Å²) in [5, 5.41) is 5.79. The van der Waals surface area contributed by atoms with Crippen molar-refractivity contribution >= 4 is 11.8 Å². The van der Waals surface area contributed by atoms with Crippen LogP contribution in [0.4, 0.5) is 0 Å². The molecule has 0 aliphatic heterocycles. The summed E-state index contributed by atoms with van der Waals surface area (Å²) in [7, 11) is 0. The average molecular weight is 254 g/mol. The molecule has 0 radical (unpaired) electrons. The van der Waals surface area contributed by atoms with Gasteiger partial charge in [0.2, 0.25) is 11.8 Å². The predicted molar refractivity (Wildman–Crippen MR) is 71.9 cm³/mol. The van der Waals surface area contributed by atoms with Crippen LogP contribution in [-0.2, 0) is 9.59 Å². The molecule has 4 heteroatoms. The van der Waals surface area contributed by atoms with E-state index in [1.165, 1.54) is 0 Å². The van der Waals surface area contributed by atoms with Crippen molar-refractivity contribution in [2.45, 2.75) is 40.5 Å². The molecule has 2 atom stereocenters. The van der Waals surface area contributed by atoms with E-state index >= 15 is 0 Å². The largest absolute Gasteiger partial charge is 0.356 e. The minimum atomic E-state index is -0.0946. The van der Waals surface area contributed by atoms with Gasteiger partial charge in [-0.15, -0.1) is 0 Å². The summed E-state index contributed by atoms with van der Waals surface area (Å²) in [4.78, 5) is 23.5. The van der Waals surface area contributed by atoms with Crippen LogP contribution in [0.2, 0.25) is 0 Å². The fourth-order valence-electron chi connectivity index (χ4n) is 1.83. The fourth-order valence-corrected chi connectivity index (χ4v) is 1.83. The highest BCUT2D eigenvalue weighted by Gasteiger charge is 2.47. The molecule has 1 fully saturated rings. The number of hydrogen-bond donors (Lipinski definition) is 2. The normalized spacial score (nSPS) is 22.1. The van der Waals surface area contributed by atoms with Gasteiger partial charge in [0.05, 0.1) is 11.8 Å². The molecular weight excluding hydrogens is 228 g/mol. The van der Waals surface area contributed by atoms with E-state index in [9.17, 15) is 9.59 Å². The molecule has 0 bridgehead atoms. The molecule has 0 saturated heterocycles. The maximum Gasteiger partial charge on any atom is 0.223 e. The Balaban J connectivity index is 2.18. The second-order valence-corrected chi connectivity index (χ2v) is 6.06. The van der Waals surface area contributed by atoms with Crippen LogP contribution in [0.3, 0.4) is 0 Å². The third-order valence-electron chi connectivity index (χ3n) is 3.17. The van der Waals surface area contributed by atoms with Gasteiger partial charge in [-0.25, -0.2) is 0 Å². The van der Waals surface area contributed by atoms with E-state index in [2.05, 4.69) is 38.3 Å². The molecule has 4 nitrogen and oxygen atoms in total. The van der Waals surface area contributed by atoms with Crippen LogP contribution in [0.1, 0.15) is 40.5 Å². The molecule has 1 rings (SSSR count). The van der Waals surface area contributed by atoms with E-state index in [4.69, 9.17) is 0 Å². The first-order valence-electron chi connectivity index (χ1n) is 6.97. The number of nitrogens with one attached hydrogen (secondary N) is 2. The predicted octanol–water partition coefficient (Wildman–Crippen LogP) is 1.56. The van der Waals surface area contributed by atoms with Gasteiger partial charge in [-0.2, -0.15) is 0 Å². The smallest absolute Gasteiger partial charge is 0.223 e. The van der Waals surface area contributed by atoms with E-state index in [0.717, 1.165) is 6.42 Å². The lowest BCUT2D eigenvalue weighted by molar-refractivity contribution is -0.127. The summed E-state index contributed by atoms with van der Waals surface area (Å²) in [6, 6.07) is 0. The molecule has 1 aliphatic rings. The zero-order chi connectivity index (χ0) is 13.7. The molecule has 18 heavy (non-hydrogen) atoms. The van der Waals surface area contributed by atoms with Crippen LogP contribution in [-0.4, -0.2) is 24.9 Å². The Bertz CT molecular complexity index is 300. The van der Waals surface area contributed by atoms with Gasteiger partial charge in [0.1, 0.15) is 0 Å². The lowest BCUT2D eigenvalue weighted by Gasteiger charge is -2.08. The van der Waals surface area contributed by atoms with Crippen molar-refractivity contribution in [2.75, 3.05) is 13.1 Å². The highest BCUT2D eigenvalue weighted by atomic mass is 16.2. The Morgan fingerprint density at radius 1 is 1.00 bits per heavy atom. The molecule has 1 saturated carbocycles. The number of carbonyl (C=O) groups excluding carboxylic acids is 2. The number of rotatable bonds is 7. The SMILES string of the molecule is CC(C)CCNC(=O)C1CC1C(=O)NCC(C)C. The first-order valence-corrected chi connectivity index (χ1v) is 6.97. The minimum absolute atomic E-state index is 0.0349. The zero-order valence-corrected chi connectivity index (χ0v) is 12.0. The maximum atomic E-state index is 11.7. The second kappa shape index (κ2) is 6.76. The first kappa shape index (κ1) is 15.0. The van der Waals surface area contributed by atoms with E-state index < -0.39 is 0 Å². The van der Waals surface area contributed by atoms with Crippen LogP contribution in [0.25, 0.3) is 0 Å². The summed E-state index contributed by atoms with van der Waals surface area (Å²) in [5.41, 5.74) is 0. The molecule has 0 spiro atoms. The molecule has 1 aliphatic carbocycles. The Morgan fingerprint density at radius 2 is 1.56 bits per heavy atom. The standard InChI is InChI=1S/C14H26N2O2/c1-9(2)5-6-15-13(17)11-7-12(11)14(18)16-8-10(3)4/h9-12H,5-8H2,1-4H3,(H,15,17)(H,16,18). The lowest BCUT2D eigenvalue weighted by atomic mass is 10.1. The molecule has 0 aromatic carbocycles. The van der Waals surface area contributed by atoms with Crippen molar-refractivity contribution in [3.05, 3.63) is 0 Å². The number of amides is 2. The van der Waals surface area contributed by atoms with Crippen molar-refractivity contribution < 1.29 is 9.59 Å². The van der Waals surface area contributed by atoms with Gasteiger partial charge in [0.25, 0.3) is 0 Å². The van der Waals surface area contributed by atoms with E-state index in [1.54, 1.807) is 0 Å². The Morgan fingerprint density at radius 3 is 2.06 bits per heavy atom. The Labute approximate surface area is 110 Å².